The molecule has 0 radical (unpaired) electrons. The number of nitriles is 1. The number of carbonyl (C=O) groups excluding carboxylic acids is 1. The van der Waals surface area contributed by atoms with E-state index in [4.69, 9.17) is 5.26 Å². The van der Waals surface area contributed by atoms with Gasteiger partial charge in [0.15, 0.2) is 22.0 Å². The van der Waals surface area contributed by atoms with Crippen LogP contribution in [-0.2, 0) is 4.79 Å². The van der Waals surface area contributed by atoms with Crippen molar-refractivity contribution in [2.24, 2.45) is 10.4 Å². The molecule has 0 spiro atoms. The fraction of sp³-hybridized carbons (Fsp3) is 0.353. The highest BCUT2D eigenvalue weighted by Crippen LogP contribution is 2.27. The number of halogens is 3. The first-order valence-corrected chi connectivity index (χ1v) is 9.81. The van der Waals surface area contributed by atoms with Crippen molar-refractivity contribution in [2.75, 3.05) is 25.4 Å². The van der Waals surface area contributed by atoms with Crippen molar-refractivity contribution < 1.29 is 27.8 Å². The number of nitrogens with one attached hydrogen (secondary N) is 3. The molecule has 2 aromatic rings. The highest BCUT2D eigenvalue weighted by Gasteiger charge is 2.44. The van der Waals surface area contributed by atoms with Gasteiger partial charge < -0.3 is 10.6 Å². The lowest BCUT2D eigenvalue weighted by Crippen LogP contribution is -2.60. The van der Waals surface area contributed by atoms with Crippen LogP contribution in [0.3, 0.4) is 0 Å². The molecular formula is C17H16F3N7O3S. The SMILES string of the molecule is N#CC1(C(=O)NCCSc2nonc2C(=Nc2ccc(F)c(C(F)F)c2)NO)CNC1. The van der Waals surface area contributed by atoms with Crippen LogP contribution < -0.4 is 16.1 Å². The molecule has 0 aliphatic carbocycles. The number of hydrogen-bond acceptors (Lipinski definition) is 9. The molecule has 0 saturated carbocycles. The van der Waals surface area contributed by atoms with Crippen molar-refractivity contribution in [3.63, 3.8) is 0 Å². The zero-order valence-electron chi connectivity index (χ0n) is 15.7. The Morgan fingerprint density at radius 1 is 1.45 bits per heavy atom. The number of amides is 1. The summed E-state index contributed by atoms with van der Waals surface area (Å²) in [4.78, 5) is 16.0. The minimum Gasteiger partial charge on any atom is -0.354 e. The molecule has 4 N–H and O–H groups in total. The van der Waals surface area contributed by atoms with Crippen LogP contribution in [0.5, 0.6) is 0 Å². The van der Waals surface area contributed by atoms with E-state index in [2.05, 4.69) is 30.6 Å². The van der Waals surface area contributed by atoms with Gasteiger partial charge in [-0.05, 0) is 28.5 Å². The second-order valence-electron chi connectivity index (χ2n) is 6.40. The maximum absolute atomic E-state index is 13.4. The fourth-order valence-corrected chi connectivity index (χ4v) is 3.35. The molecule has 164 valence electrons. The molecule has 14 heteroatoms. The number of carbonyl (C=O) groups is 1. The number of aromatic nitrogens is 2. The molecule has 2 heterocycles. The molecule has 1 amide bonds. The highest BCUT2D eigenvalue weighted by atomic mass is 32.2. The fourth-order valence-electron chi connectivity index (χ4n) is 2.59. The summed E-state index contributed by atoms with van der Waals surface area (Å²) in [5, 5.41) is 31.6. The molecule has 1 fully saturated rings. The summed E-state index contributed by atoms with van der Waals surface area (Å²) >= 11 is 1.11. The molecule has 0 unspecified atom stereocenters. The third-order valence-corrected chi connectivity index (χ3v) is 5.32. The molecule has 1 aliphatic heterocycles. The van der Waals surface area contributed by atoms with E-state index in [0.29, 0.717) is 18.8 Å². The van der Waals surface area contributed by atoms with Crippen LogP contribution in [0, 0.1) is 22.6 Å². The largest absolute Gasteiger partial charge is 0.354 e. The smallest absolute Gasteiger partial charge is 0.266 e. The second kappa shape index (κ2) is 9.77. The summed E-state index contributed by atoms with van der Waals surface area (Å²) in [6, 6.07) is 4.82. The molecule has 1 aromatic carbocycles. The Morgan fingerprint density at radius 2 is 2.23 bits per heavy atom. The molecule has 3 rings (SSSR count). The van der Waals surface area contributed by atoms with Gasteiger partial charge in [0.05, 0.1) is 17.3 Å². The number of amidine groups is 1. The molecule has 1 aliphatic rings. The van der Waals surface area contributed by atoms with Gasteiger partial charge in [-0.15, -0.1) is 0 Å². The number of aliphatic imine (C=N–C) groups is 1. The van der Waals surface area contributed by atoms with E-state index in [-0.39, 0.29) is 34.7 Å². The third-order valence-electron chi connectivity index (χ3n) is 4.37. The molecule has 1 aromatic heterocycles. The first-order valence-electron chi connectivity index (χ1n) is 8.82. The molecule has 0 atom stereocenters. The molecule has 10 nitrogen and oxygen atoms in total. The van der Waals surface area contributed by atoms with Gasteiger partial charge in [0.2, 0.25) is 5.91 Å². The van der Waals surface area contributed by atoms with E-state index in [9.17, 15) is 23.2 Å². The van der Waals surface area contributed by atoms with Gasteiger partial charge in [0, 0.05) is 25.4 Å². The normalized spacial score (nSPS) is 15.3. The van der Waals surface area contributed by atoms with Crippen molar-refractivity contribution in [1.82, 2.24) is 26.4 Å². The lowest BCUT2D eigenvalue weighted by atomic mass is 9.82. The number of thioether (sulfide) groups is 1. The van der Waals surface area contributed by atoms with Crippen molar-refractivity contribution in [1.29, 1.82) is 5.26 Å². The van der Waals surface area contributed by atoms with E-state index in [1.165, 1.54) is 0 Å². The van der Waals surface area contributed by atoms with Crippen LogP contribution >= 0.6 is 11.8 Å². The lowest BCUT2D eigenvalue weighted by molar-refractivity contribution is -0.130. The summed E-state index contributed by atoms with van der Waals surface area (Å²) in [6.07, 6.45) is -3.04. The Bertz CT molecular complexity index is 1020. The summed E-state index contributed by atoms with van der Waals surface area (Å²) < 4.78 is 43.8. The maximum Gasteiger partial charge on any atom is 0.266 e. The van der Waals surface area contributed by atoms with Gasteiger partial charge in [-0.1, -0.05) is 11.8 Å². The van der Waals surface area contributed by atoms with Crippen LogP contribution in [0.2, 0.25) is 0 Å². The third kappa shape index (κ3) is 4.95. The zero-order chi connectivity index (χ0) is 22.4. The number of alkyl halides is 2. The van der Waals surface area contributed by atoms with Gasteiger partial charge in [-0.25, -0.2) is 22.8 Å². The number of benzene rings is 1. The van der Waals surface area contributed by atoms with Crippen molar-refractivity contribution in [2.45, 2.75) is 11.5 Å². The molecule has 1 saturated heterocycles. The summed E-state index contributed by atoms with van der Waals surface area (Å²) in [6.45, 7) is 0.797. The Morgan fingerprint density at radius 3 is 2.84 bits per heavy atom. The number of rotatable bonds is 8. The van der Waals surface area contributed by atoms with E-state index in [1.54, 1.807) is 5.48 Å². The summed E-state index contributed by atoms with van der Waals surface area (Å²) in [5.41, 5.74) is -0.179. The zero-order valence-corrected chi connectivity index (χ0v) is 16.5. The van der Waals surface area contributed by atoms with Gasteiger partial charge in [0.25, 0.3) is 6.43 Å². The molecule has 0 bridgehead atoms. The minimum absolute atomic E-state index is 0.0153. The van der Waals surface area contributed by atoms with E-state index in [0.717, 1.165) is 30.0 Å². The lowest BCUT2D eigenvalue weighted by Gasteiger charge is -2.34. The Kier molecular flexibility index (Phi) is 7.10. The van der Waals surface area contributed by atoms with Crippen molar-refractivity contribution in [3.8, 4) is 6.07 Å². The maximum atomic E-state index is 13.4. The predicted molar refractivity (Wildman–Crippen MR) is 101 cm³/mol. The molecular weight excluding hydrogens is 439 g/mol. The van der Waals surface area contributed by atoms with E-state index < -0.39 is 23.2 Å². The highest BCUT2D eigenvalue weighted by molar-refractivity contribution is 7.99. The van der Waals surface area contributed by atoms with Crippen molar-refractivity contribution >= 4 is 29.2 Å². The second-order valence-corrected chi connectivity index (χ2v) is 7.48. The Hall–Kier alpha value is -3.15. The van der Waals surface area contributed by atoms with Crippen LogP contribution in [0.4, 0.5) is 18.9 Å². The van der Waals surface area contributed by atoms with Crippen LogP contribution in [0.25, 0.3) is 0 Å². The minimum atomic E-state index is -3.04. The standard InChI is InChI=1S/C17H16F3N7O3S/c18-11-2-1-9(5-10(11)13(19)20)24-14(25-29)12-15(27-30-26-12)31-4-3-23-16(28)17(6-21)7-22-8-17/h1-2,5,13,22,29H,3-4,7-8H2,(H,23,28)(H,24,25). The van der Waals surface area contributed by atoms with Crippen LogP contribution in [-0.4, -0.2) is 52.7 Å². The first kappa shape index (κ1) is 22.5. The number of hydrogen-bond donors (Lipinski definition) is 4. The van der Waals surface area contributed by atoms with E-state index in [1.807, 2.05) is 6.07 Å². The number of hydroxylamine groups is 1. The quantitative estimate of drug-likeness (QED) is 0.153. The first-order chi connectivity index (χ1) is 14.9. The topological polar surface area (TPSA) is 148 Å². The van der Waals surface area contributed by atoms with Gasteiger partial charge in [-0.2, -0.15) is 5.26 Å². The van der Waals surface area contributed by atoms with Crippen LogP contribution in [0.15, 0.2) is 32.8 Å². The average molecular weight is 455 g/mol. The monoisotopic (exact) mass is 455 g/mol. The predicted octanol–water partition coefficient (Wildman–Crippen LogP) is 1.52. The summed E-state index contributed by atoms with van der Waals surface area (Å²) in [7, 11) is 0. The van der Waals surface area contributed by atoms with E-state index >= 15 is 0 Å². The Labute approximate surface area is 177 Å². The summed E-state index contributed by atoms with van der Waals surface area (Å²) in [5.74, 6) is -1.39. The Balaban J connectivity index is 1.65. The van der Waals surface area contributed by atoms with Crippen LogP contribution in [0.1, 0.15) is 17.7 Å². The number of nitrogens with zero attached hydrogens (tertiary/aromatic N) is 4. The van der Waals surface area contributed by atoms with Gasteiger partial charge >= 0.3 is 0 Å². The van der Waals surface area contributed by atoms with Gasteiger partial charge in [0.1, 0.15) is 5.82 Å². The van der Waals surface area contributed by atoms with Crippen molar-refractivity contribution in [3.05, 3.63) is 35.3 Å². The molecule has 31 heavy (non-hydrogen) atoms. The average Bonchev–Trinajstić information content (AvgIpc) is 3.18. The van der Waals surface area contributed by atoms with Gasteiger partial charge in [-0.3, -0.25) is 15.5 Å².